The minimum absolute atomic E-state index is 0.276. The molecule has 7 heteroatoms. The fourth-order valence-corrected chi connectivity index (χ4v) is 5.38. The van der Waals surface area contributed by atoms with Crippen molar-refractivity contribution in [1.82, 2.24) is 9.88 Å². The zero-order valence-electron chi connectivity index (χ0n) is 25.5. The molecule has 1 amide bonds. The maximum atomic E-state index is 12.6. The van der Waals surface area contributed by atoms with Gasteiger partial charge in [-0.3, -0.25) is 0 Å². The number of fused-ring (bicyclic) bond motifs is 1. The van der Waals surface area contributed by atoms with Crippen LogP contribution in [0.4, 0.5) is 4.79 Å². The molecule has 1 saturated heterocycles. The number of carbonyl (C=O) groups excluding carboxylic acids is 1. The summed E-state index contributed by atoms with van der Waals surface area (Å²) >= 11 is 0. The first kappa shape index (κ1) is 29.3. The zero-order valence-corrected chi connectivity index (χ0v) is 25.5. The van der Waals surface area contributed by atoms with Gasteiger partial charge in [0.1, 0.15) is 30.2 Å². The monoisotopic (exact) mass is 590 g/mol. The van der Waals surface area contributed by atoms with E-state index in [0.29, 0.717) is 50.9 Å². The van der Waals surface area contributed by atoms with Crippen LogP contribution >= 0.6 is 0 Å². The van der Waals surface area contributed by atoms with Gasteiger partial charge in [0.2, 0.25) is 11.8 Å². The Kier molecular flexibility index (Phi) is 8.29. The van der Waals surface area contributed by atoms with E-state index in [1.807, 2.05) is 93.6 Å². The first-order valence-corrected chi connectivity index (χ1v) is 15.1. The first-order valence-electron chi connectivity index (χ1n) is 15.1. The number of aromatic nitrogens is 1. The summed E-state index contributed by atoms with van der Waals surface area (Å²) < 4.78 is 24.6. The molecule has 1 aromatic heterocycles. The van der Waals surface area contributed by atoms with E-state index in [2.05, 4.69) is 30.4 Å². The van der Waals surface area contributed by atoms with Gasteiger partial charge in [0.25, 0.3) is 0 Å². The van der Waals surface area contributed by atoms with Crippen LogP contribution in [0.5, 0.6) is 17.5 Å². The van der Waals surface area contributed by atoms with Crippen molar-refractivity contribution in [2.24, 2.45) is 0 Å². The van der Waals surface area contributed by atoms with E-state index in [1.54, 1.807) is 4.90 Å². The van der Waals surface area contributed by atoms with E-state index in [0.717, 1.165) is 33.6 Å². The minimum atomic E-state index is -0.520. The van der Waals surface area contributed by atoms with Crippen molar-refractivity contribution in [2.75, 3.05) is 13.1 Å². The number of nitrogens with zero attached hydrogens (tertiary/aromatic N) is 2. The molecule has 0 saturated carbocycles. The molecule has 6 rings (SSSR count). The van der Waals surface area contributed by atoms with Crippen molar-refractivity contribution >= 4 is 12.2 Å². The Morgan fingerprint density at radius 3 is 2.18 bits per heavy atom. The Labute approximate surface area is 259 Å². The Morgan fingerprint density at radius 2 is 1.52 bits per heavy atom. The lowest BCUT2D eigenvalue weighted by atomic mass is 9.88. The Hall–Kier alpha value is -4.78. The molecule has 0 unspecified atom stereocenters. The summed E-state index contributed by atoms with van der Waals surface area (Å²) in [5, 5.41) is 0. The molecule has 7 nitrogen and oxygen atoms in total. The zero-order chi connectivity index (χ0) is 30.6. The number of likely N-dealkylation sites (tertiary alicyclic amines) is 1. The predicted octanol–water partition coefficient (Wildman–Crippen LogP) is 8.08. The van der Waals surface area contributed by atoms with Gasteiger partial charge in [-0.1, -0.05) is 78.9 Å². The fourth-order valence-electron chi connectivity index (χ4n) is 5.38. The molecule has 0 radical (unpaired) electrons. The molecule has 226 valence electrons. The molecule has 2 aliphatic rings. The second-order valence-corrected chi connectivity index (χ2v) is 12.3. The van der Waals surface area contributed by atoms with Crippen LogP contribution in [-0.4, -0.2) is 40.3 Å². The number of hydrogen-bond acceptors (Lipinski definition) is 6. The highest BCUT2D eigenvalue weighted by Gasteiger charge is 2.39. The highest BCUT2D eigenvalue weighted by Crippen LogP contribution is 2.41. The molecule has 0 aliphatic carbocycles. The molecule has 3 heterocycles. The topological polar surface area (TPSA) is 70.1 Å². The van der Waals surface area contributed by atoms with Gasteiger partial charge in [-0.15, -0.1) is 0 Å². The number of pyridine rings is 1. The van der Waals surface area contributed by atoms with Gasteiger partial charge >= 0.3 is 6.09 Å². The van der Waals surface area contributed by atoms with Gasteiger partial charge in [-0.25, -0.2) is 4.79 Å². The van der Waals surface area contributed by atoms with Crippen molar-refractivity contribution in [3.63, 3.8) is 0 Å². The maximum Gasteiger partial charge on any atom is 0.410 e. The lowest BCUT2D eigenvalue weighted by molar-refractivity contribution is -0.00100. The largest absolute Gasteiger partial charge is 0.482 e. The summed E-state index contributed by atoms with van der Waals surface area (Å²) in [6, 6.07) is 30.1. The van der Waals surface area contributed by atoms with Crippen LogP contribution in [0.2, 0.25) is 0 Å². The van der Waals surface area contributed by atoms with Crippen molar-refractivity contribution in [2.45, 2.75) is 58.0 Å². The molecular formula is C37H38N2O5. The molecule has 2 aliphatic heterocycles. The van der Waals surface area contributed by atoms with Gasteiger partial charge in [0.05, 0.1) is 0 Å². The Balaban J connectivity index is 1.21. The van der Waals surface area contributed by atoms with Crippen LogP contribution in [0.3, 0.4) is 0 Å². The van der Waals surface area contributed by atoms with Gasteiger partial charge in [0, 0.05) is 43.1 Å². The summed E-state index contributed by atoms with van der Waals surface area (Å²) in [5.41, 5.74) is 3.92. The summed E-state index contributed by atoms with van der Waals surface area (Å²) in [6.45, 7) is 7.59. The molecule has 0 N–H and O–H groups in total. The van der Waals surface area contributed by atoms with Crippen molar-refractivity contribution in [3.8, 4) is 28.6 Å². The molecule has 1 fully saturated rings. The third-order valence-electron chi connectivity index (χ3n) is 7.75. The van der Waals surface area contributed by atoms with Crippen LogP contribution in [0.25, 0.3) is 17.2 Å². The molecule has 4 aromatic rings. The van der Waals surface area contributed by atoms with E-state index < -0.39 is 11.2 Å². The highest BCUT2D eigenvalue weighted by molar-refractivity contribution is 5.74. The van der Waals surface area contributed by atoms with Crippen LogP contribution < -0.4 is 14.2 Å². The summed E-state index contributed by atoms with van der Waals surface area (Å²) in [7, 11) is 0. The van der Waals surface area contributed by atoms with Crippen LogP contribution in [-0.2, 0) is 18.0 Å². The van der Waals surface area contributed by atoms with E-state index in [1.165, 1.54) is 0 Å². The standard InChI is InChI=1S/C37H38N2O5/c1-36(2,3)44-35(40)39-22-20-37(21-23-39)19-18-29-14-15-30(24-32(29)43-37)31-16-17-33(41-25-27-10-6-4-7-11-27)38-34(31)42-26-28-12-8-5-9-13-28/h4-19,24H,20-23,25-26H2,1-3H3. The number of amides is 1. The highest BCUT2D eigenvalue weighted by atomic mass is 16.6. The average molecular weight is 591 g/mol. The van der Waals surface area contributed by atoms with Gasteiger partial charge in [-0.05, 0) is 55.7 Å². The van der Waals surface area contributed by atoms with Crippen molar-refractivity contribution < 1.29 is 23.7 Å². The number of benzene rings is 3. The predicted molar refractivity (Wildman–Crippen MR) is 171 cm³/mol. The fraction of sp³-hybridized carbons (Fsp3) is 0.297. The second kappa shape index (κ2) is 12.4. The van der Waals surface area contributed by atoms with E-state index in [4.69, 9.17) is 23.9 Å². The second-order valence-electron chi connectivity index (χ2n) is 12.3. The number of ether oxygens (including phenoxy) is 4. The summed E-state index contributed by atoms with van der Waals surface area (Å²) in [6.07, 6.45) is 5.36. The molecular weight excluding hydrogens is 552 g/mol. The van der Waals surface area contributed by atoms with Crippen molar-refractivity contribution in [1.29, 1.82) is 0 Å². The van der Waals surface area contributed by atoms with E-state index in [-0.39, 0.29) is 6.09 Å². The quantitative estimate of drug-likeness (QED) is 0.217. The summed E-state index contributed by atoms with van der Waals surface area (Å²) in [4.78, 5) is 19.2. The lowest BCUT2D eigenvalue weighted by Gasteiger charge is -2.42. The SMILES string of the molecule is CC(C)(C)OC(=O)N1CCC2(C=Cc3ccc(-c4ccc(OCc5ccccc5)nc4OCc4ccccc4)cc3O2)CC1. The maximum absolute atomic E-state index is 12.6. The number of rotatable bonds is 7. The molecule has 44 heavy (non-hydrogen) atoms. The smallest absolute Gasteiger partial charge is 0.410 e. The van der Waals surface area contributed by atoms with Crippen LogP contribution in [0.1, 0.15) is 50.3 Å². The Bertz CT molecular complexity index is 1620. The van der Waals surface area contributed by atoms with E-state index in [9.17, 15) is 4.79 Å². The van der Waals surface area contributed by atoms with E-state index >= 15 is 0 Å². The van der Waals surface area contributed by atoms with Gasteiger partial charge in [0.15, 0.2) is 0 Å². The number of piperidine rings is 1. The third-order valence-corrected chi connectivity index (χ3v) is 7.75. The third kappa shape index (κ3) is 7.05. The minimum Gasteiger partial charge on any atom is -0.482 e. The molecule has 3 aromatic carbocycles. The molecule has 0 atom stereocenters. The van der Waals surface area contributed by atoms with Crippen LogP contribution in [0, 0.1) is 0 Å². The normalized spacial score (nSPS) is 15.3. The lowest BCUT2D eigenvalue weighted by Crippen LogP contribution is -2.50. The molecule has 0 bridgehead atoms. The number of carbonyl (C=O) groups is 1. The first-order chi connectivity index (χ1) is 21.3. The van der Waals surface area contributed by atoms with Gasteiger partial charge < -0.3 is 23.8 Å². The van der Waals surface area contributed by atoms with Crippen LogP contribution in [0.15, 0.2) is 97.1 Å². The summed E-state index contributed by atoms with van der Waals surface area (Å²) in [5.74, 6) is 1.79. The molecule has 1 spiro atoms. The Morgan fingerprint density at radius 1 is 0.864 bits per heavy atom. The average Bonchev–Trinajstić information content (AvgIpc) is 3.03. The van der Waals surface area contributed by atoms with Crippen molar-refractivity contribution in [3.05, 3.63) is 114 Å². The number of hydrogen-bond donors (Lipinski definition) is 0. The van der Waals surface area contributed by atoms with Gasteiger partial charge in [-0.2, -0.15) is 4.98 Å².